The first-order valence-electron chi connectivity index (χ1n) is 8.05. The molecule has 0 aliphatic carbocycles. The van der Waals surface area contributed by atoms with Gasteiger partial charge in [0.15, 0.2) is 5.75 Å². The van der Waals surface area contributed by atoms with Crippen molar-refractivity contribution in [1.29, 1.82) is 0 Å². The minimum Gasteiger partial charge on any atom is -0.493 e. The Kier molecular flexibility index (Phi) is 7.13. The summed E-state index contributed by atoms with van der Waals surface area (Å²) in [6.45, 7) is 2.21. The Balaban J connectivity index is 2.24. The molecule has 0 unspecified atom stereocenters. The van der Waals surface area contributed by atoms with Gasteiger partial charge in [-0.15, -0.1) is 0 Å². The number of nitro benzene ring substituents is 1. The fraction of sp³-hybridized carbons (Fsp3) is 0.222. The molecule has 2 aromatic carbocycles. The van der Waals surface area contributed by atoms with Crippen LogP contribution in [0.3, 0.4) is 0 Å². The van der Waals surface area contributed by atoms with Crippen molar-refractivity contribution in [1.82, 2.24) is 5.43 Å². The van der Waals surface area contributed by atoms with E-state index in [-0.39, 0.29) is 22.7 Å². The molecule has 0 radical (unpaired) electrons. The quantitative estimate of drug-likeness (QED) is 0.418. The molecule has 9 heteroatoms. The standard InChI is InChI=1S/C18H18ClN3O5/c1-3-8-27-17-15(22(24)25)9-12(10-16(17)26-2)11-20-21-18(23)13-6-4-5-7-14(13)19/h4-7,9-11H,3,8H2,1-2H3,(H,21,23)/b20-11-. The first-order valence-corrected chi connectivity index (χ1v) is 8.42. The van der Waals surface area contributed by atoms with E-state index in [9.17, 15) is 14.9 Å². The van der Waals surface area contributed by atoms with E-state index in [4.69, 9.17) is 21.1 Å². The van der Waals surface area contributed by atoms with E-state index in [0.29, 0.717) is 23.6 Å². The smallest absolute Gasteiger partial charge is 0.315 e. The van der Waals surface area contributed by atoms with Crippen LogP contribution in [0.1, 0.15) is 29.3 Å². The molecule has 142 valence electrons. The van der Waals surface area contributed by atoms with Crippen LogP contribution in [-0.2, 0) is 0 Å². The van der Waals surface area contributed by atoms with E-state index >= 15 is 0 Å². The van der Waals surface area contributed by atoms with Crippen LogP contribution in [0.5, 0.6) is 11.5 Å². The van der Waals surface area contributed by atoms with Crippen LogP contribution in [0, 0.1) is 10.1 Å². The summed E-state index contributed by atoms with van der Waals surface area (Å²) < 4.78 is 10.6. The van der Waals surface area contributed by atoms with Crippen molar-refractivity contribution in [2.45, 2.75) is 13.3 Å². The van der Waals surface area contributed by atoms with E-state index in [1.165, 1.54) is 25.5 Å². The highest BCUT2D eigenvalue weighted by Gasteiger charge is 2.22. The Morgan fingerprint density at radius 3 is 2.74 bits per heavy atom. The summed E-state index contributed by atoms with van der Waals surface area (Å²) in [6, 6.07) is 9.34. The maximum absolute atomic E-state index is 12.1. The lowest BCUT2D eigenvalue weighted by Crippen LogP contribution is -2.18. The van der Waals surface area contributed by atoms with Crippen molar-refractivity contribution in [2.75, 3.05) is 13.7 Å². The van der Waals surface area contributed by atoms with Crippen LogP contribution >= 0.6 is 11.6 Å². The second kappa shape index (κ2) is 9.54. The molecular weight excluding hydrogens is 374 g/mol. The first kappa shape index (κ1) is 20.2. The number of halogens is 1. The van der Waals surface area contributed by atoms with E-state index in [1.54, 1.807) is 24.3 Å². The molecule has 0 heterocycles. The van der Waals surface area contributed by atoms with Gasteiger partial charge in [0.2, 0.25) is 5.75 Å². The van der Waals surface area contributed by atoms with Gasteiger partial charge in [-0.2, -0.15) is 5.10 Å². The third-order valence-corrected chi connectivity index (χ3v) is 3.75. The highest BCUT2D eigenvalue weighted by Crippen LogP contribution is 2.38. The van der Waals surface area contributed by atoms with Crippen molar-refractivity contribution < 1.29 is 19.2 Å². The van der Waals surface area contributed by atoms with Gasteiger partial charge in [0.1, 0.15) is 0 Å². The normalized spacial score (nSPS) is 10.6. The number of carbonyl (C=O) groups excluding carboxylic acids is 1. The maximum Gasteiger partial charge on any atom is 0.315 e. The number of hydrogen-bond donors (Lipinski definition) is 1. The molecule has 0 saturated carbocycles. The molecule has 8 nitrogen and oxygen atoms in total. The van der Waals surface area contributed by atoms with Gasteiger partial charge in [0.05, 0.1) is 35.4 Å². The number of ether oxygens (including phenoxy) is 2. The highest BCUT2D eigenvalue weighted by molar-refractivity contribution is 6.33. The third-order valence-electron chi connectivity index (χ3n) is 3.42. The van der Waals surface area contributed by atoms with Gasteiger partial charge in [-0.3, -0.25) is 14.9 Å². The average Bonchev–Trinajstić information content (AvgIpc) is 2.66. The topological polar surface area (TPSA) is 103 Å². The molecule has 0 bridgehead atoms. The van der Waals surface area contributed by atoms with Crippen LogP contribution in [0.4, 0.5) is 5.69 Å². The number of benzene rings is 2. The van der Waals surface area contributed by atoms with E-state index in [0.717, 1.165) is 0 Å². The van der Waals surface area contributed by atoms with Crippen LogP contribution in [0.15, 0.2) is 41.5 Å². The second-order valence-corrected chi connectivity index (χ2v) is 5.76. The molecule has 0 fully saturated rings. The number of rotatable bonds is 8. The molecule has 27 heavy (non-hydrogen) atoms. The molecule has 1 N–H and O–H groups in total. The number of nitro groups is 1. The summed E-state index contributed by atoms with van der Waals surface area (Å²) in [5, 5.41) is 15.5. The fourth-order valence-corrected chi connectivity index (χ4v) is 2.41. The Bertz CT molecular complexity index is 870. The van der Waals surface area contributed by atoms with Crippen molar-refractivity contribution in [2.24, 2.45) is 5.10 Å². The molecule has 0 aromatic heterocycles. The van der Waals surface area contributed by atoms with Crippen molar-refractivity contribution in [3.05, 3.63) is 62.7 Å². The molecule has 0 spiro atoms. The van der Waals surface area contributed by atoms with Gasteiger partial charge >= 0.3 is 5.69 Å². The number of carbonyl (C=O) groups is 1. The van der Waals surface area contributed by atoms with Crippen LogP contribution in [-0.4, -0.2) is 30.8 Å². The van der Waals surface area contributed by atoms with Gasteiger partial charge in [0.25, 0.3) is 5.91 Å². The van der Waals surface area contributed by atoms with Gasteiger partial charge < -0.3 is 9.47 Å². The minimum absolute atomic E-state index is 0.0570. The number of nitrogens with zero attached hydrogens (tertiary/aromatic N) is 2. The van der Waals surface area contributed by atoms with Crippen LogP contribution in [0.25, 0.3) is 0 Å². The molecule has 0 aliphatic heterocycles. The van der Waals surface area contributed by atoms with Crippen molar-refractivity contribution in [3.63, 3.8) is 0 Å². The van der Waals surface area contributed by atoms with Crippen molar-refractivity contribution in [3.8, 4) is 11.5 Å². The number of hydrogen-bond acceptors (Lipinski definition) is 6. The summed E-state index contributed by atoms with van der Waals surface area (Å²) in [6.07, 6.45) is 1.96. The Morgan fingerprint density at radius 1 is 1.37 bits per heavy atom. The summed E-state index contributed by atoms with van der Waals surface area (Å²) in [5.41, 5.74) is 2.71. The fourth-order valence-electron chi connectivity index (χ4n) is 2.19. The molecule has 2 aromatic rings. The number of amides is 1. The number of nitrogens with one attached hydrogen (secondary N) is 1. The Morgan fingerprint density at radius 2 is 2.11 bits per heavy atom. The largest absolute Gasteiger partial charge is 0.493 e. The van der Waals surface area contributed by atoms with Crippen LogP contribution < -0.4 is 14.9 Å². The molecule has 0 saturated heterocycles. The van der Waals surface area contributed by atoms with E-state index < -0.39 is 10.8 Å². The minimum atomic E-state index is -0.562. The predicted octanol–water partition coefficient (Wildman–Crippen LogP) is 3.81. The first-order chi connectivity index (χ1) is 13.0. The van der Waals surface area contributed by atoms with Gasteiger partial charge in [0, 0.05) is 11.6 Å². The van der Waals surface area contributed by atoms with Crippen molar-refractivity contribution >= 4 is 29.4 Å². The van der Waals surface area contributed by atoms with E-state index in [1.807, 2.05) is 6.92 Å². The monoisotopic (exact) mass is 391 g/mol. The summed E-state index contributed by atoms with van der Waals surface area (Å²) in [7, 11) is 1.39. The van der Waals surface area contributed by atoms with Gasteiger partial charge in [-0.25, -0.2) is 5.43 Å². The molecule has 2 rings (SSSR count). The SMILES string of the molecule is CCCOc1c(OC)cc(/C=N\NC(=O)c2ccccc2Cl)cc1[N+](=O)[O-]. The Hall–Kier alpha value is -3.13. The maximum atomic E-state index is 12.1. The predicted molar refractivity (Wildman–Crippen MR) is 102 cm³/mol. The second-order valence-electron chi connectivity index (χ2n) is 5.36. The summed E-state index contributed by atoms with van der Waals surface area (Å²) in [4.78, 5) is 22.9. The molecular formula is C18H18ClN3O5. The zero-order valence-electron chi connectivity index (χ0n) is 14.8. The summed E-state index contributed by atoms with van der Waals surface area (Å²) >= 11 is 5.95. The average molecular weight is 392 g/mol. The number of methoxy groups -OCH3 is 1. The van der Waals surface area contributed by atoms with E-state index in [2.05, 4.69) is 10.5 Å². The lowest BCUT2D eigenvalue weighted by atomic mass is 10.2. The van der Waals surface area contributed by atoms with Gasteiger partial charge in [-0.05, 0) is 24.6 Å². The molecule has 0 aliphatic rings. The third kappa shape index (κ3) is 5.18. The van der Waals surface area contributed by atoms with Crippen LogP contribution in [0.2, 0.25) is 5.02 Å². The zero-order chi connectivity index (χ0) is 19.8. The van der Waals surface area contributed by atoms with Gasteiger partial charge in [-0.1, -0.05) is 30.7 Å². The lowest BCUT2D eigenvalue weighted by Gasteiger charge is -2.11. The molecule has 1 amide bonds. The zero-order valence-corrected chi connectivity index (χ0v) is 15.5. The number of hydrazone groups is 1. The highest BCUT2D eigenvalue weighted by atomic mass is 35.5. The summed E-state index contributed by atoms with van der Waals surface area (Å²) in [5.74, 6) is -0.237. The lowest BCUT2D eigenvalue weighted by molar-refractivity contribution is -0.386. The molecule has 0 atom stereocenters. The Labute approximate surface area is 160 Å².